The summed E-state index contributed by atoms with van der Waals surface area (Å²) in [7, 11) is 0. The van der Waals surface area contributed by atoms with E-state index >= 15 is 0 Å². The van der Waals surface area contributed by atoms with Gasteiger partial charge in [0.15, 0.2) is 23.8 Å². The van der Waals surface area contributed by atoms with E-state index in [1.807, 2.05) is 0 Å². The molecule has 1 saturated carbocycles. The SMILES string of the molecule is O=C(O)c1cc(-c2cc(C3CC3)ncc2F)n(SF)n1. The van der Waals surface area contributed by atoms with Gasteiger partial charge in [0.2, 0.25) is 0 Å². The van der Waals surface area contributed by atoms with Crippen LogP contribution in [0.1, 0.15) is 34.9 Å². The number of aromatic nitrogens is 3. The van der Waals surface area contributed by atoms with Gasteiger partial charge in [-0.05, 0) is 18.9 Å². The molecule has 0 unspecified atom stereocenters. The Kier molecular flexibility index (Phi) is 3.17. The number of halogens is 2. The Morgan fingerprint density at radius 3 is 2.80 bits per heavy atom. The molecule has 1 fully saturated rings. The largest absolute Gasteiger partial charge is 0.476 e. The molecule has 104 valence electrons. The number of pyridine rings is 1. The number of carbonyl (C=O) groups is 1. The van der Waals surface area contributed by atoms with Crippen LogP contribution < -0.4 is 0 Å². The highest BCUT2D eigenvalue weighted by atomic mass is 32.2. The molecule has 20 heavy (non-hydrogen) atoms. The topological polar surface area (TPSA) is 68.0 Å². The minimum absolute atomic E-state index is 0.0664. The molecule has 0 atom stereocenters. The first kappa shape index (κ1) is 13.0. The van der Waals surface area contributed by atoms with E-state index in [0.29, 0.717) is 5.92 Å². The lowest BCUT2D eigenvalue weighted by Crippen LogP contribution is -1.98. The van der Waals surface area contributed by atoms with Crippen LogP contribution in [0, 0.1) is 5.82 Å². The van der Waals surface area contributed by atoms with Crippen molar-refractivity contribution in [2.45, 2.75) is 18.8 Å². The van der Waals surface area contributed by atoms with E-state index in [2.05, 4.69) is 10.1 Å². The number of hydrogen-bond donors (Lipinski definition) is 1. The molecule has 8 heteroatoms. The fourth-order valence-corrected chi connectivity index (χ4v) is 2.30. The van der Waals surface area contributed by atoms with Gasteiger partial charge in [0.1, 0.15) is 0 Å². The molecule has 5 nitrogen and oxygen atoms in total. The molecule has 1 N–H and O–H groups in total. The lowest BCUT2D eigenvalue weighted by molar-refractivity contribution is 0.0690. The number of carboxylic acid groups (broad SMARTS) is 1. The summed E-state index contributed by atoms with van der Waals surface area (Å²) in [6, 6.07) is 2.67. The van der Waals surface area contributed by atoms with Crippen LogP contribution in [0.15, 0.2) is 18.3 Å². The molecular weight excluding hydrogens is 288 g/mol. The van der Waals surface area contributed by atoms with Gasteiger partial charge in [-0.25, -0.2) is 9.18 Å². The van der Waals surface area contributed by atoms with Gasteiger partial charge >= 0.3 is 5.97 Å². The normalized spacial score (nSPS) is 14.5. The Labute approximate surface area is 117 Å². The average Bonchev–Trinajstić information content (AvgIpc) is 3.18. The molecule has 1 aliphatic rings. The van der Waals surface area contributed by atoms with Gasteiger partial charge in [-0.3, -0.25) is 4.98 Å². The Hall–Kier alpha value is -1.96. The lowest BCUT2D eigenvalue weighted by Gasteiger charge is -2.05. The van der Waals surface area contributed by atoms with Crippen LogP contribution in [0.25, 0.3) is 11.3 Å². The highest BCUT2D eigenvalue weighted by Crippen LogP contribution is 2.40. The Morgan fingerprint density at radius 2 is 2.20 bits per heavy atom. The number of carboxylic acids is 1. The third-order valence-corrected chi connectivity index (χ3v) is 3.52. The monoisotopic (exact) mass is 297 g/mol. The van der Waals surface area contributed by atoms with E-state index in [-0.39, 0.29) is 29.3 Å². The first-order valence-electron chi connectivity index (χ1n) is 5.88. The number of nitrogens with zero attached hydrogens (tertiary/aromatic N) is 3. The summed E-state index contributed by atoms with van der Waals surface area (Å²) in [6.07, 6.45) is 3.06. The highest BCUT2D eigenvalue weighted by Gasteiger charge is 2.27. The van der Waals surface area contributed by atoms with Crippen LogP contribution in [0.5, 0.6) is 0 Å². The predicted molar refractivity (Wildman–Crippen MR) is 68.4 cm³/mol. The molecule has 1 aliphatic carbocycles. The minimum Gasteiger partial charge on any atom is -0.476 e. The maximum Gasteiger partial charge on any atom is 0.356 e. The Bertz CT molecular complexity index is 685. The second kappa shape index (κ2) is 4.86. The van der Waals surface area contributed by atoms with Crippen LogP contribution in [-0.4, -0.2) is 25.2 Å². The van der Waals surface area contributed by atoms with E-state index in [0.717, 1.165) is 34.9 Å². The smallest absolute Gasteiger partial charge is 0.356 e. The summed E-state index contributed by atoms with van der Waals surface area (Å²) in [5.74, 6) is -1.62. The Balaban J connectivity index is 2.11. The van der Waals surface area contributed by atoms with E-state index in [9.17, 15) is 13.1 Å². The lowest BCUT2D eigenvalue weighted by atomic mass is 10.1. The zero-order chi connectivity index (χ0) is 14.3. The average molecular weight is 297 g/mol. The summed E-state index contributed by atoms with van der Waals surface area (Å²) in [4.78, 5) is 14.9. The molecule has 0 aromatic carbocycles. The highest BCUT2D eigenvalue weighted by molar-refractivity contribution is 7.92. The van der Waals surface area contributed by atoms with E-state index in [1.165, 1.54) is 6.07 Å². The first-order valence-corrected chi connectivity index (χ1v) is 6.55. The number of rotatable bonds is 4. The fraction of sp³-hybridized carbons (Fsp3) is 0.250. The molecule has 0 spiro atoms. The molecule has 2 heterocycles. The summed E-state index contributed by atoms with van der Waals surface area (Å²) >= 11 is -0.278. The van der Waals surface area contributed by atoms with Gasteiger partial charge in [-0.15, -0.1) is 3.89 Å². The van der Waals surface area contributed by atoms with Gasteiger partial charge in [-0.2, -0.15) is 9.19 Å². The van der Waals surface area contributed by atoms with Crippen LogP contribution in [0.2, 0.25) is 0 Å². The van der Waals surface area contributed by atoms with Crippen molar-refractivity contribution in [3.63, 3.8) is 0 Å². The summed E-state index contributed by atoms with van der Waals surface area (Å²) in [5.41, 5.74) is 0.563. The second-order valence-corrected chi connectivity index (χ2v) is 5.01. The second-order valence-electron chi connectivity index (χ2n) is 4.53. The zero-order valence-corrected chi connectivity index (χ0v) is 10.9. The molecule has 0 radical (unpaired) electrons. The van der Waals surface area contributed by atoms with E-state index in [1.54, 1.807) is 0 Å². The van der Waals surface area contributed by atoms with E-state index < -0.39 is 11.8 Å². The molecule has 3 rings (SSSR count). The van der Waals surface area contributed by atoms with Crippen molar-refractivity contribution in [1.82, 2.24) is 14.2 Å². The molecule has 2 aromatic rings. The molecular formula is C12H9F2N3O2S. The van der Waals surface area contributed by atoms with Gasteiger partial charge in [0.25, 0.3) is 0 Å². The van der Waals surface area contributed by atoms with Crippen molar-refractivity contribution in [1.29, 1.82) is 0 Å². The first-order chi connectivity index (χ1) is 9.60. The van der Waals surface area contributed by atoms with Gasteiger partial charge in [-0.1, -0.05) is 0 Å². The van der Waals surface area contributed by atoms with Gasteiger partial charge < -0.3 is 5.11 Å². The van der Waals surface area contributed by atoms with Crippen molar-refractivity contribution >= 4 is 18.3 Å². The summed E-state index contributed by atoms with van der Waals surface area (Å²) < 4.78 is 27.5. The van der Waals surface area contributed by atoms with Crippen LogP contribution >= 0.6 is 12.3 Å². The quantitative estimate of drug-likeness (QED) is 0.939. The zero-order valence-electron chi connectivity index (χ0n) is 10.1. The predicted octanol–water partition coefficient (Wildman–Crippen LogP) is 3.04. The Morgan fingerprint density at radius 1 is 1.45 bits per heavy atom. The third kappa shape index (κ3) is 2.26. The maximum atomic E-state index is 13.9. The van der Waals surface area contributed by atoms with Crippen molar-refractivity contribution in [2.24, 2.45) is 0 Å². The molecule has 0 amide bonds. The van der Waals surface area contributed by atoms with Crippen LogP contribution in [-0.2, 0) is 0 Å². The van der Waals surface area contributed by atoms with Crippen molar-refractivity contribution in [3.8, 4) is 11.3 Å². The molecule has 0 aliphatic heterocycles. The molecule has 2 aromatic heterocycles. The van der Waals surface area contributed by atoms with Gasteiger partial charge in [0, 0.05) is 23.2 Å². The summed E-state index contributed by atoms with van der Waals surface area (Å²) in [5, 5.41) is 12.4. The van der Waals surface area contributed by atoms with Crippen molar-refractivity contribution in [2.75, 3.05) is 0 Å². The fourth-order valence-electron chi connectivity index (χ4n) is 1.96. The van der Waals surface area contributed by atoms with E-state index in [4.69, 9.17) is 5.11 Å². The minimum atomic E-state index is -1.30. The van der Waals surface area contributed by atoms with Crippen molar-refractivity contribution < 1.29 is 18.2 Å². The van der Waals surface area contributed by atoms with Crippen LogP contribution in [0.3, 0.4) is 0 Å². The van der Waals surface area contributed by atoms with Crippen LogP contribution in [0.4, 0.5) is 8.28 Å². The third-order valence-electron chi connectivity index (χ3n) is 3.11. The summed E-state index contributed by atoms with van der Waals surface area (Å²) in [6.45, 7) is 0. The molecule has 0 bridgehead atoms. The standard InChI is InChI=1S/C12H9F2N3O2S/c13-8-5-15-9(6-1-2-6)3-7(8)11-4-10(12(18)19)16-17(11)20-14/h3-6H,1-2H2,(H,18,19). The van der Waals surface area contributed by atoms with Gasteiger partial charge in [0.05, 0.1) is 11.9 Å². The number of hydrogen-bond acceptors (Lipinski definition) is 4. The maximum absolute atomic E-state index is 13.9. The van der Waals surface area contributed by atoms with Crippen molar-refractivity contribution in [3.05, 3.63) is 35.5 Å². The number of aromatic carboxylic acids is 1. The molecule has 0 saturated heterocycles.